The van der Waals surface area contributed by atoms with Gasteiger partial charge in [-0.15, -0.1) is 0 Å². The van der Waals surface area contributed by atoms with Gasteiger partial charge in [0.05, 0.1) is 12.3 Å². The average molecular weight is 148 g/mol. The zero-order chi connectivity index (χ0) is 8.27. The third kappa shape index (κ3) is 2.08. The normalized spacial score (nSPS) is 16.8. The highest BCUT2D eigenvalue weighted by molar-refractivity contribution is 6.12. The van der Waals surface area contributed by atoms with Gasteiger partial charge in [0.1, 0.15) is 0 Å². The Morgan fingerprint density at radius 2 is 2.36 bits per heavy atom. The number of hydrogen-bond acceptors (Lipinski definition) is 2. The van der Waals surface area contributed by atoms with Crippen LogP contribution in [0.5, 0.6) is 0 Å². The van der Waals surface area contributed by atoms with E-state index in [-0.39, 0.29) is 0 Å². The summed E-state index contributed by atoms with van der Waals surface area (Å²) in [4.78, 5) is 4.09. The molecule has 1 aliphatic rings. The Balaban J connectivity index is 2.74. The molecule has 2 nitrogen and oxygen atoms in total. The van der Waals surface area contributed by atoms with Crippen LogP contribution in [-0.4, -0.2) is 12.3 Å². The topological polar surface area (TPSA) is 38.4 Å². The first-order valence-corrected chi connectivity index (χ1v) is 3.54. The van der Waals surface area contributed by atoms with Crippen LogP contribution < -0.4 is 5.73 Å². The summed E-state index contributed by atoms with van der Waals surface area (Å²) in [6, 6.07) is 0. The van der Waals surface area contributed by atoms with Gasteiger partial charge in [-0.1, -0.05) is 12.7 Å². The van der Waals surface area contributed by atoms with Crippen molar-refractivity contribution in [1.29, 1.82) is 0 Å². The first-order valence-electron chi connectivity index (χ1n) is 3.54. The highest BCUT2D eigenvalue weighted by Crippen LogP contribution is 2.16. The Bertz CT molecular complexity index is 253. The molecule has 0 saturated heterocycles. The van der Waals surface area contributed by atoms with E-state index in [1.165, 1.54) is 6.20 Å². The minimum absolute atomic E-state index is 0.858. The van der Waals surface area contributed by atoms with Crippen LogP contribution >= 0.6 is 0 Å². The lowest BCUT2D eigenvalue weighted by Gasteiger charge is -1.96. The number of nitrogens with two attached hydrogens (primary N) is 1. The van der Waals surface area contributed by atoms with Crippen molar-refractivity contribution in [3.05, 3.63) is 36.1 Å². The summed E-state index contributed by atoms with van der Waals surface area (Å²) in [5.74, 6) is 0. The lowest BCUT2D eigenvalue weighted by molar-refractivity contribution is 1.49. The van der Waals surface area contributed by atoms with Crippen molar-refractivity contribution in [2.45, 2.75) is 6.92 Å². The van der Waals surface area contributed by atoms with Crippen molar-refractivity contribution in [1.82, 2.24) is 0 Å². The maximum atomic E-state index is 5.20. The fourth-order valence-corrected chi connectivity index (χ4v) is 0.846. The molecule has 0 unspecified atom stereocenters. The van der Waals surface area contributed by atoms with Gasteiger partial charge in [-0.25, -0.2) is 0 Å². The van der Waals surface area contributed by atoms with E-state index < -0.39 is 0 Å². The summed E-state index contributed by atoms with van der Waals surface area (Å²) in [6.45, 7) is 6.67. The summed E-state index contributed by atoms with van der Waals surface area (Å²) in [7, 11) is 0. The molecule has 0 bridgehead atoms. The molecule has 0 aromatic rings. The highest BCUT2D eigenvalue weighted by atomic mass is 14.9. The standard InChI is InChI=1S/C9H12N2/c1-7(2)8(4-3-5-10)9-6-11-9/h3-5H,1,6,10H2,2H3/b5-3-,8-4+. The molecular weight excluding hydrogens is 136 g/mol. The van der Waals surface area contributed by atoms with Gasteiger partial charge in [-0.2, -0.15) is 0 Å². The van der Waals surface area contributed by atoms with Gasteiger partial charge in [0.25, 0.3) is 0 Å². The number of hydrogen-bond donors (Lipinski definition) is 1. The smallest absolute Gasteiger partial charge is 0.0817 e. The third-order valence-electron chi connectivity index (χ3n) is 1.46. The van der Waals surface area contributed by atoms with Gasteiger partial charge in [0, 0.05) is 0 Å². The molecule has 0 atom stereocenters. The molecule has 1 aliphatic heterocycles. The van der Waals surface area contributed by atoms with Gasteiger partial charge in [0.15, 0.2) is 0 Å². The van der Waals surface area contributed by atoms with E-state index in [0.717, 1.165) is 23.4 Å². The first kappa shape index (κ1) is 7.79. The van der Waals surface area contributed by atoms with Gasteiger partial charge in [-0.3, -0.25) is 4.99 Å². The molecule has 0 aromatic heterocycles. The summed E-state index contributed by atoms with van der Waals surface area (Å²) < 4.78 is 0. The summed E-state index contributed by atoms with van der Waals surface area (Å²) in [6.07, 6.45) is 5.24. The van der Waals surface area contributed by atoms with E-state index in [2.05, 4.69) is 11.6 Å². The molecule has 0 amide bonds. The minimum Gasteiger partial charge on any atom is -0.405 e. The van der Waals surface area contributed by atoms with E-state index in [4.69, 9.17) is 5.73 Å². The van der Waals surface area contributed by atoms with E-state index >= 15 is 0 Å². The molecule has 2 N–H and O–H groups in total. The third-order valence-corrected chi connectivity index (χ3v) is 1.46. The lowest BCUT2D eigenvalue weighted by atomic mass is 10.1. The van der Waals surface area contributed by atoms with Crippen molar-refractivity contribution in [2.24, 2.45) is 10.7 Å². The van der Waals surface area contributed by atoms with Crippen molar-refractivity contribution >= 4 is 5.71 Å². The second-order valence-electron chi connectivity index (χ2n) is 2.51. The van der Waals surface area contributed by atoms with E-state index in [9.17, 15) is 0 Å². The number of allylic oxidation sites excluding steroid dienone is 3. The Kier molecular flexibility index (Phi) is 2.26. The summed E-state index contributed by atoms with van der Waals surface area (Å²) in [5, 5.41) is 0. The van der Waals surface area contributed by atoms with Crippen molar-refractivity contribution < 1.29 is 0 Å². The highest BCUT2D eigenvalue weighted by Gasteiger charge is 2.14. The predicted octanol–water partition coefficient (Wildman–Crippen LogP) is 1.42. The van der Waals surface area contributed by atoms with Gasteiger partial charge >= 0.3 is 0 Å². The zero-order valence-corrected chi connectivity index (χ0v) is 6.67. The zero-order valence-electron chi connectivity index (χ0n) is 6.67. The molecule has 0 fully saturated rings. The molecule has 2 heteroatoms. The average Bonchev–Trinajstić information content (AvgIpc) is 2.71. The molecular formula is C9H12N2. The van der Waals surface area contributed by atoms with Crippen molar-refractivity contribution in [3.8, 4) is 0 Å². The molecule has 1 rings (SSSR count). The van der Waals surface area contributed by atoms with Gasteiger partial charge in [0.2, 0.25) is 0 Å². The maximum absolute atomic E-state index is 5.20. The first-order chi connectivity index (χ1) is 5.25. The van der Waals surface area contributed by atoms with Crippen LogP contribution in [0.1, 0.15) is 6.92 Å². The van der Waals surface area contributed by atoms with E-state index in [0.29, 0.717) is 0 Å². The number of nitrogens with zero attached hydrogens (tertiary/aromatic N) is 1. The quantitative estimate of drug-likeness (QED) is 0.604. The van der Waals surface area contributed by atoms with E-state index in [1.807, 2.05) is 13.0 Å². The van der Waals surface area contributed by atoms with Crippen LogP contribution in [0.2, 0.25) is 0 Å². The molecule has 58 valence electrons. The Hall–Kier alpha value is -1.31. The van der Waals surface area contributed by atoms with Crippen molar-refractivity contribution in [2.75, 3.05) is 6.54 Å². The monoisotopic (exact) mass is 148 g/mol. The Labute approximate surface area is 66.8 Å². The number of rotatable bonds is 3. The molecule has 11 heavy (non-hydrogen) atoms. The largest absolute Gasteiger partial charge is 0.405 e. The molecule has 0 saturated carbocycles. The Morgan fingerprint density at radius 3 is 2.73 bits per heavy atom. The fraction of sp³-hybridized carbons (Fsp3) is 0.222. The fourth-order valence-electron chi connectivity index (χ4n) is 0.846. The van der Waals surface area contributed by atoms with Crippen LogP contribution in [0.15, 0.2) is 41.1 Å². The predicted molar refractivity (Wildman–Crippen MR) is 48.5 cm³/mol. The lowest BCUT2D eigenvalue weighted by Crippen LogP contribution is -1.91. The second kappa shape index (κ2) is 3.19. The van der Waals surface area contributed by atoms with Crippen LogP contribution in [0.25, 0.3) is 0 Å². The van der Waals surface area contributed by atoms with Crippen LogP contribution in [0, 0.1) is 0 Å². The molecule has 0 spiro atoms. The number of aliphatic imine (C=N–C) groups is 1. The Morgan fingerprint density at radius 1 is 1.73 bits per heavy atom. The second-order valence-corrected chi connectivity index (χ2v) is 2.51. The van der Waals surface area contributed by atoms with E-state index in [1.54, 1.807) is 6.08 Å². The van der Waals surface area contributed by atoms with Crippen LogP contribution in [0.3, 0.4) is 0 Å². The van der Waals surface area contributed by atoms with Gasteiger partial charge in [-0.05, 0) is 30.3 Å². The molecule has 0 aromatic carbocycles. The molecule has 0 radical (unpaired) electrons. The minimum atomic E-state index is 0.858. The van der Waals surface area contributed by atoms with Crippen LogP contribution in [0.4, 0.5) is 0 Å². The maximum Gasteiger partial charge on any atom is 0.0817 e. The summed E-state index contributed by atoms with van der Waals surface area (Å²) in [5.41, 5.74) is 8.50. The van der Waals surface area contributed by atoms with Gasteiger partial charge < -0.3 is 5.73 Å². The summed E-state index contributed by atoms with van der Waals surface area (Å²) >= 11 is 0. The molecule has 1 heterocycles. The SMILES string of the molecule is C=C(C)/C(=C\C=C/N)C1=NC1. The molecule has 0 aliphatic carbocycles. The van der Waals surface area contributed by atoms with Crippen molar-refractivity contribution in [3.63, 3.8) is 0 Å². The van der Waals surface area contributed by atoms with Crippen LogP contribution in [-0.2, 0) is 0 Å².